The summed E-state index contributed by atoms with van der Waals surface area (Å²) in [5.41, 5.74) is 1.94. The minimum Gasteiger partial charge on any atom is -0.493 e. The highest BCUT2D eigenvalue weighted by atomic mass is 16.5. The second kappa shape index (κ2) is 11.7. The Morgan fingerprint density at radius 1 is 0.848 bits per heavy atom. The summed E-state index contributed by atoms with van der Waals surface area (Å²) in [5.74, 6) is 0.849. The number of rotatable bonds is 8. The van der Waals surface area contributed by atoms with Gasteiger partial charge < -0.3 is 20.3 Å². The molecule has 0 bridgehead atoms. The van der Waals surface area contributed by atoms with Crippen LogP contribution in [-0.2, 0) is 9.59 Å². The molecule has 2 N–H and O–H groups in total. The summed E-state index contributed by atoms with van der Waals surface area (Å²) in [7, 11) is 0. The number of nitrogens with zero attached hydrogens (tertiary/aromatic N) is 1. The molecule has 0 aromatic heterocycles. The van der Waals surface area contributed by atoms with Crippen LogP contribution in [0.5, 0.6) is 5.75 Å². The number of hydrogen-bond donors (Lipinski definition) is 2. The summed E-state index contributed by atoms with van der Waals surface area (Å²) in [6, 6.07) is 18.1. The number of nitrogens with one attached hydrogen (secondary N) is 2. The molecule has 4 rings (SSSR count). The summed E-state index contributed by atoms with van der Waals surface area (Å²) in [4.78, 5) is 27.0. The summed E-state index contributed by atoms with van der Waals surface area (Å²) in [6.07, 6.45) is 8.16. The van der Waals surface area contributed by atoms with E-state index in [2.05, 4.69) is 10.6 Å². The fourth-order valence-electron chi connectivity index (χ4n) is 4.70. The average Bonchev–Trinajstić information content (AvgIpc) is 2.86. The van der Waals surface area contributed by atoms with Gasteiger partial charge in [0.2, 0.25) is 11.8 Å². The zero-order chi connectivity index (χ0) is 22.9. The van der Waals surface area contributed by atoms with Crippen molar-refractivity contribution in [1.82, 2.24) is 4.90 Å². The van der Waals surface area contributed by atoms with Gasteiger partial charge in [-0.15, -0.1) is 0 Å². The van der Waals surface area contributed by atoms with Crippen LogP contribution in [0.1, 0.15) is 51.4 Å². The lowest BCUT2D eigenvalue weighted by Crippen LogP contribution is -2.41. The van der Waals surface area contributed by atoms with Crippen LogP contribution in [0.2, 0.25) is 0 Å². The number of likely N-dealkylation sites (tertiary alicyclic amines) is 1. The average molecular weight is 450 g/mol. The topological polar surface area (TPSA) is 70.7 Å². The molecule has 176 valence electrons. The molecule has 2 aromatic rings. The Balaban J connectivity index is 1.16. The zero-order valence-corrected chi connectivity index (χ0v) is 19.3. The lowest BCUT2D eigenvalue weighted by Gasteiger charge is -2.31. The molecular weight excluding hydrogens is 414 g/mol. The maximum atomic E-state index is 12.7. The van der Waals surface area contributed by atoms with E-state index < -0.39 is 0 Å². The third kappa shape index (κ3) is 6.98. The predicted molar refractivity (Wildman–Crippen MR) is 131 cm³/mol. The van der Waals surface area contributed by atoms with E-state index in [0.29, 0.717) is 45.0 Å². The molecule has 2 aliphatic rings. The first kappa shape index (κ1) is 23.1. The van der Waals surface area contributed by atoms with E-state index in [1.165, 1.54) is 32.1 Å². The van der Waals surface area contributed by atoms with Crippen molar-refractivity contribution in [3.05, 3.63) is 54.6 Å². The highest BCUT2D eigenvalue weighted by molar-refractivity contribution is 5.93. The number of benzene rings is 2. The van der Waals surface area contributed by atoms with Gasteiger partial charge in [0, 0.05) is 36.4 Å². The smallest absolute Gasteiger partial charge is 0.227 e. The fourth-order valence-corrected chi connectivity index (χ4v) is 4.70. The lowest BCUT2D eigenvalue weighted by molar-refractivity contribution is -0.135. The van der Waals surface area contributed by atoms with Gasteiger partial charge in [0.15, 0.2) is 0 Å². The molecule has 2 amide bonds. The molecule has 0 unspecified atom stereocenters. The van der Waals surface area contributed by atoms with E-state index in [4.69, 9.17) is 4.74 Å². The van der Waals surface area contributed by atoms with Crippen LogP contribution in [0, 0.1) is 5.92 Å². The molecular formula is C27H35N3O3. The monoisotopic (exact) mass is 449 g/mol. The van der Waals surface area contributed by atoms with Gasteiger partial charge in [-0.05, 0) is 62.1 Å². The molecule has 1 saturated carbocycles. The summed E-state index contributed by atoms with van der Waals surface area (Å²) in [6.45, 7) is 1.61. The van der Waals surface area contributed by atoms with Gasteiger partial charge in [-0.2, -0.15) is 0 Å². The van der Waals surface area contributed by atoms with Gasteiger partial charge in [0.1, 0.15) is 5.75 Å². The van der Waals surface area contributed by atoms with Crippen molar-refractivity contribution >= 4 is 23.2 Å². The van der Waals surface area contributed by atoms with E-state index in [0.717, 1.165) is 17.1 Å². The second-order valence-corrected chi connectivity index (χ2v) is 9.11. The van der Waals surface area contributed by atoms with Crippen LogP contribution in [0.15, 0.2) is 54.6 Å². The molecule has 2 fully saturated rings. The van der Waals surface area contributed by atoms with Crippen molar-refractivity contribution in [2.75, 3.05) is 30.3 Å². The molecule has 0 radical (unpaired) electrons. The summed E-state index contributed by atoms with van der Waals surface area (Å²) in [5, 5.41) is 6.65. The number of carbonyl (C=O) groups is 2. The Hall–Kier alpha value is -3.02. The molecule has 6 nitrogen and oxygen atoms in total. The third-order valence-electron chi connectivity index (χ3n) is 6.67. The molecule has 0 atom stereocenters. The number of carbonyl (C=O) groups excluding carboxylic acids is 2. The molecule has 2 aromatic carbocycles. The Labute approximate surface area is 196 Å². The van der Waals surface area contributed by atoms with Crippen LogP contribution in [-0.4, -0.2) is 42.5 Å². The van der Waals surface area contributed by atoms with Crippen LogP contribution in [0.3, 0.4) is 0 Å². The van der Waals surface area contributed by atoms with Crippen LogP contribution in [0.25, 0.3) is 0 Å². The predicted octanol–water partition coefficient (Wildman–Crippen LogP) is 5.08. The summed E-state index contributed by atoms with van der Waals surface area (Å²) >= 11 is 0. The van der Waals surface area contributed by atoms with Gasteiger partial charge in [-0.1, -0.05) is 37.5 Å². The second-order valence-electron chi connectivity index (χ2n) is 9.11. The van der Waals surface area contributed by atoms with Crippen molar-refractivity contribution in [3.63, 3.8) is 0 Å². The highest BCUT2D eigenvalue weighted by Gasteiger charge is 2.27. The first-order chi connectivity index (χ1) is 16.2. The molecule has 1 aliphatic carbocycles. The van der Waals surface area contributed by atoms with Crippen LogP contribution < -0.4 is 15.4 Å². The van der Waals surface area contributed by atoms with Crippen molar-refractivity contribution < 1.29 is 14.3 Å². The largest absolute Gasteiger partial charge is 0.493 e. The van der Waals surface area contributed by atoms with Gasteiger partial charge in [0.05, 0.1) is 13.0 Å². The van der Waals surface area contributed by atoms with E-state index in [1.54, 1.807) is 0 Å². The SMILES string of the molecule is O=C(Nc1ccc(NC2CCCCC2)cc1)C1CCN(C(=O)CCOc2ccccc2)CC1. The Morgan fingerprint density at radius 3 is 2.21 bits per heavy atom. The first-order valence-electron chi connectivity index (χ1n) is 12.3. The minimum absolute atomic E-state index is 0.0440. The Morgan fingerprint density at radius 2 is 1.52 bits per heavy atom. The first-order valence-corrected chi connectivity index (χ1v) is 12.3. The van der Waals surface area contributed by atoms with Crippen molar-refractivity contribution in [3.8, 4) is 5.75 Å². The van der Waals surface area contributed by atoms with Crippen molar-refractivity contribution in [2.45, 2.75) is 57.4 Å². The molecule has 1 aliphatic heterocycles. The maximum Gasteiger partial charge on any atom is 0.227 e. The molecule has 1 saturated heterocycles. The number of hydrogen-bond acceptors (Lipinski definition) is 4. The lowest BCUT2D eigenvalue weighted by atomic mass is 9.95. The molecule has 6 heteroatoms. The standard InChI is InChI=1S/C27H35N3O3/c31-26(17-20-33-25-9-5-2-6-10-25)30-18-15-21(16-19-30)27(32)29-24-13-11-23(12-14-24)28-22-7-3-1-4-8-22/h2,5-6,9-14,21-22,28H,1,3-4,7-8,15-20H2,(H,29,32). The normalized spacial score (nSPS) is 17.4. The molecule has 33 heavy (non-hydrogen) atoms. The number of para-hydroxylation sites is 1. The number of piperidine rings is 1. The Kier molecular flexibility index (Phi) is 8.23. The van der Waals surface area contributed by atoms with E-state index in [1.807, 2.05) is 59.5 Å². The molecule has 0 spiro atoms. The van der Waals surface area contributed by atoms with Crippen molar-refractivity contribution in [1.29, 1.82) is 0 Å². The fraction of sp³-hybridized carbons (Fsp3) is 0.481. The van der Waals surface area contributed by atoms with Crippen molar-refractivity contribution in [2.24, 2.45) is 5.92 Å². The third-order valence-corrected chi connectivity index (χ3v) is 6.67. The van der Waals surface area contributed by atoms with E-state index in [9.17, 15) is 9.59 Å². The quantitative estimate of drug-likeness (QED) is 0.590. The Bertz CT molecular complexity index is 887. The van der Waals surface area contributed by atoms with Gasteiger partial charge in [0.25, 0.3) is 0 Å². The maximum absolute atomic E-state index is 12.7. The number of amides is 2. The number of anilines is 2. The minimum atomic E-state index is -0.0605. The van der Waals surface area contributed by atoms with E-state index in [-0.39, 0.29) is 17.7 Å². The van der Waals surface area contributed by atoms with Gasteiger partial charge >= 0.3 is 0 Å². The van der Waals surface area contributed by atoms with Crippen LogP contribution in [0.4, 0.5) is 11.4 Å². The van der Waals surface area contributed by atoms with E-state index >= 15 is 0 Å². The number of ether oxygens (including phenoxy) is 1. The van der Waals surface area contributed by atoms with Crippen LogP contribution >= 0.6 is 0 Å². The summed E-state index contributed by atoms with van der Waals surface area (Å²) < 4.78 is 5.63. The molecule has 1 heterocycles. The van der Waals surface area contributed by atoms with Gasteiger partial charge in [-0.3, -0.25) is 9.59 Å². The highest BCUT2D eigenvalue weighted by Crippen LogP contribution is 2.24. The zero-order valence-electron chi connectivity index (χ0n) is 19.3. The van der Waals surface area contributed by atoms with Gasteiger partial charge in [-0.25, -0.2) is 0 Å².